The quantitative estimate of drug-likeness (QED) is 0.351. The van der Waals surface area contributed by atoms with Crippen LogP contribution in [0.2, 0.25) is 5.02 Å². The average Bonchev–Trinajstić information content (AvgIpc) is 3.13. The van der Waals surface area contributed by atoms with E-state index in [-0.39, 0.29) is 18.0 Å². The molecule has 5 nitrogen and oxygen atoms in total. The van der Waals surface area contributed by atoms with Gasteiger partial charge in [0.1, 0.15) is 11.4 Å². The second-order valence-corrected chi connectivity index (χ2v) is 9.56. The van der Waals surface area contributed by atoms with Crippen LogP contribution in [0.3, 0.4) is 0 Å². The summed E-state index contributed by atoms with van der Waals surface area (Å²) in [6, 6.07) is 13.2. The molecule has 0 saturated carbocycles. The number of aryl methyl sites for hydroxylation is 2. The van der Waals surface area contributed by atoms with Crippen LogP contribution in [-0.4, -0.2) is 15.5 Å². The lowest BCUT2D eigenvalue weighted by Crippen LogP contribution is -2.28. The number of carbonyl (C=O) groups is 1. The van der Waals surface area contributed by atoms with Crippen molar-refractivity contribution in [2.45, 2.75) is 26.8 Å². The van der Waals surface area contributed by atoms with E-state index >= 15 is 0 Å². The van der Waals surface area contributed by atoms with Crippen molar-refractivity contribution in [2.75, 3.05) is 5.32 Å². The van der Waals surface area contributed by atoms with Gasteiger partial charge in [0.15, 0.2) is 0 Å². The van der Waals surface area contributed by atoms with Crippen molar-refractivity contribution in [3.8, 4) is 11.1 Å². The van der Waals surface area contributed by atoms with Gasteiger partial charge in [-0.3, -0.25) is 14.2 Å². The fourth-order valence-corrected chi connectivity index (χ4v) is 4.96. The monoisotopic (exact) mass is 515 g/mol. The van der Waals surface area contributed by atoms with Crippen LogP contribution in [0.25, 0.3) is 21.3 Å². The van der Waals surface area contributed by atoms with Crippen molar-refractivity contribution in [2.24, 2.45) is 0 Å². The van der Waals surface area contributed by atoms with Gasteiger partial charge in [-0.25, -0.2) is 4.98 Å². The lowest BCUT2D eigenvalue weighted by atomic mass is 10.0. The molecule has 0 radical (unpaired) electrons. The van der Waals surface area contributed by atoms with Gasteiger partial charge in [-0.2, -0.15) is 0 Å². The molecule has 8 heteroatoms. The number of nitrogens with one attached hydrogen (secondary N) is 1. The van der Waals surface area contributed by atoms with Crippen molar-refractivity contribution in [3.05, 3.63) is 79.1 Å². The molecule has 1 amide bonds. The molecule has 0 spiro atoms. The number of thiophene rings is 1. The molecule has 0 aliphatic rings. The largest absolute Gasteiger partial charge is 0.324 e. The van der Waals surface area contributed by atoms with Gasteiger partial charge in [0.05, 0.1) is 11.7 Å². The molecule has 4 rings (SSSR count). The third-order valence-corrected chi connectivity index (χ3v) is 7.00. The molecule has 0 unspecified atom stereocenters. The van der Waals surface area contributed by atoms with Gasteiger partial charge in [0, 0.05) is 25.6 Å². The smallest absolute Gasteiger partial charge is 0.263 e. The maximum atomic E-state index is 13.3. The van der Waals surface area contributed by atoms with Gasteiger partial charge < -0.3 is 5.32 Å². The maximum Gasteiger partial charge on any atom is 0.263 e. The number of aromatic nitrogens is 2. The molecule has 1 N–H and O–H groups in total. The molecule has 158 valence electrons. The van der Waals surface area contributed by atoms with E-state index in [0.29, 0.717) is 20.9 Å². The molecule has 0 aliphatic carbocycles. The molecule has 0 aliphatic heterocycles. The van der Waals surface area contributed by atoms with Crippen molar-refractivity contribution in [3.63, 3.8) is 0 Å². The van der Waals surface area contributed by atoms with E-state index in [0.717, 1.165) is 32.5 Å². The number of carbonyl (C=O) groups excluding carboxylic acids is 1. The highest BCUT2D eigenvalue weighted by Gasteiger charge is 2.19. The van der Waals surface area contributed by atoms with Crippen molar-refractivity contribution >= 4 is 60.7 Å². The Balaban J connectivity index is 1.73. The molecule has 31 heavy (non-hydrogen) atoms. The Kier molecular flexibility index (Phi) is 6.27. The Labute approximate surface area is 196 Å². The second-order valence-electron chi connectivity index (χ2n) is 7.13. The molecule has 0 bridgehead atoms. The summed E-state index contributed by atoms with van der Waals surface area (Å²) >= 11 is 11.0. The highest BCUT2D eigenvalue weighted by atomic mass is 79.9. The lowest BCUT2D eigenvalue weighted by Gasteiger charge is -2.10. The average molecular weight is 517 g/mol. The van der Waals surface area contributed by atoms with E-state index in [1.54, 1.807) is 12.1 Å². The zero-order chi connectivity index (χ0) is 22.1. The molecule has 0 atom stereocenters. The predicted octanol–water partition coefficient (Wildman–Crippen LogP) is 6.05. The number of anilines is 1. The number of benzene rings is 2. The first-order valence-electron chi connectivity index (χ1n) is 9.70. The molecular weight excluding hydrogens is 498 g/mol. The summed E-state index contributed by atoms with van der Waals surface area (Å²) in [6.07, 6.45) is 2.23. The number of fused-ring (bicyclic) bond motifs is 1. The highest BCUT2D eigenvalue weighted by Crippen LogP contribution is 2.36. The highest BCUT2D eigenvalue weighted by molar-refractivity contribution is 9.10. The first-order valence-corrected chi connectivity index (χ1v) is 11.7. The van der Waals surface area contributed by atoms with Crippen molar-refractivity contribution in [1.82, 2.24) is 9.55 Å². The van der Waals surface area contributed by atoms with Crippen LogP contribution in [-0.2, 0) is 17.8 Å². The van der Waals surface area contributed by atoms with E-state index in [1.165, 1.54) is 22.2 Å². The summed E-state index contributed by atoms with van der Waals surface area (Å²) in [4.78, 5) is 32.2. The van der Waals surface area contributed by atoms with E-state index in [4.69, 9.17) is 11.6 Å². The number of rotatable bonds is 5. The molecule has 2 aromatic heterocycles. The minimum absolute atomic E-state index is 0.134. The first kappa shape index (κ1) is 21.7. The molecule has 0 saturated heterocycles. The lowest BCUT2D eigenvalue weighted by molar-refractivity contribution is -0.116. The van der Waals surface area contributed by atoms with Crippen molar-refractivity contribution < 1.29 is 4.79 Å². The number of hydrogen-bond donors (Lipinski definition) is 1. The van der Waals surface area contributed by atoms with Gasteiger partial charge in [-0.1, -0.05) is 52.7 Å². The Morgan fingerprint density at radius 1 is 1.23 bits per heavy atom. The van der Waals surface area contributed by atoms with Crippen LogP contribution in [0.1, 0.15) is 17.4 Å². The normalized spacial score (nSPS) is 11.1. The van der Waals surface area contributed by atoms with Crippen LogP contribution >= 0.6 is 38.9 Å². The van der Waals surface area contributed by atoms with Gasteiger partial charge >= 0.3 is 0 Å². The molecule has 2 aromatic carbocycles. The molecular formula is C23H19BrClN3O2S. The van der Waals surface area contributed by atoms with Gasteiger partial charge in [0.2, 0.25) is 5.91 Å². The van der Waals surface area contributed by atoms with Gasteiger partial charge in [0.25, 0.3) is 5.56 Å². The summed E-state index contributed by atoms with van der Waals surface area (Å²) in [6.45, 7) is 3.81. The second kappa shape index (κ2) is 8.94. The van der Waals surface area contributed by atoms with Gasteiger partial charge in [-0.15, -0.1) is 11.3 Å². The van der Waals surface area contributed by atoms with E-state index in [2.05, 4.69) is 33.2 Å². The van der Waals surface area contributed by atoms with Crippen LogP contribution in [0.4, 0.5) is 5.69 Å². The first-order chi connectivity index (χ1) is 14.9. The Bertz CT molecular complexity index is 1350. The SMILES string of the molecule is CCc1sc2ncn(CC(=O)Nc3cc(Cl)ccc3C)c(=O)c2c1-c1ccc(Br)cc1. The van der Waals surface area contributed by atoms with E-state index in [9.17, 15) is 9.59 Å². The Morgan fingerprint density at radius 3 is 2.68 bits per heavy atom. The number of amides is 1. The Morgan fingerprint density at radius 2 is 1.97 bits per heavy atom. The zero-order valence-electron chi connectivity index (χ0n) is 16.9. The summed E-state index contributed by atoms with van der Waals surface area (Å²) in [5, 5.41) is 3.92. The third-order valence-electron chi connectivity index (χ3n) is 4.99. The van der Waals surface area contributed by atoms with E-state index in [1.807, 2.05) is 37.3 Å². The minimum atomic E-state index is -0.315. The summed E-state index contributed by atoms with van der Waals surface area (Å²) < 4.78 is 2.32. The fourth-order valence-electron chi connectivity index (χ4n) is 3.43. The van der Waals surface area contributed by atoms with E-state index < -0.39 is 0 Å². The minimum Gasteiger partial charge on any atom is -0.324 e. The predicted molar refractivity (Wildman–Crippen MR) is 131 cm³/mol. The standard InChI is InChI=1S/C23H19BrClN3O2S/c1-3-18-20(14-5-7-15(24)8-6-14)21-22(31-18)26-12-28(23(21)30)11-19(29)27-17-10-16(25)9-4-13(17)2/h4-10,12H,3,11H2,1-2H3,(H,27,29). The van der Waals surface area contributed by atoms with Crippen LogP contribution in [0.5, 0.6) is 0 Å². The fraction of sp³-hybridized carbons (Fsp3) is 0.174. The van der Waals surface area contributed by atoms with Crippen LogP contribution < -0.4 is 10.9 Å². The molecule has 4 aromatic rings. The molecule has 0 fully saturated rings. The maximum absolute atomic E-state index is 13.3. The summed E-state index contributed by atoms with van der Waals surface area (Å²) in [5.41, 5.74) is 3.15. The molecule has 2 heterocycles. The van der Waals surface area contributed by atoms with Crippen LogP contribution in [0.15, 0.2) is 58.1 Å². The third kappa shape index (κ3) is 4.44. The summed E-state index contributed by atoms with van der Waals surface area (Å²) in [5.74, 6) is -0.315. The zero-order valence-corrected chi connectivity index (χ0v) is 20.1. The number of halogens is 2. The number of hydrogen-bond acceptors (Lipinski definition) is 4. The topological polar surface area (TPSA) is 64.0 Å². The Hall–Kier alpha value is -2.48. The van der Waals surface area contributed by atoms with Crippen molar-refractivity contribution in [1.29, 1.82) is 0 Å². The summed E-state index contributed by atoms with van der Waals surface area (Å²) in [7, 11) is 0. The van der Waals surface area contributed by atoms with Crippen LogP contribution in [0, 0.1) is 6.92 Å². The van der Waals surface area contributed by atoms with Gasteiger partial charge in [-0.05, 0) is 48.7 Å². The number of nitrogens with zero attached hydrogens (tertiary/aromatic N) is 2.